The molecule has 0 fully saturated rings. The second-order valence-corrected chi connectivity index (χ2v) is 8.39. The minimum Gasteiger partial charge on any atom is -0.433 e. The van der Waals surface area contributed by atoms with Crippen LogP contribution in [0.3, 0.4) is 0 Å². The predicted molar refractivity (Wildman–Crippen MR) is 127 cm³/mol. The van der Waals surface area contributed by atoms with E-state index in [-0.39, 0.29) is 11.7 Å². The molecule has 0 aliphatic rings. The molecule has 0 aliphatic heterocycles. The molecule has 9 heteroatoms. The van der Waals surface area contributed by atoms with Crippen LogP contribution in [-0.4, -0.2) is 19.1 Å². The molecule has 36 heavy (non-hydrogen) atoms. The summed E-state index contributed by atoms with van der Waals surface area (Å²) in [4.78, 5) is 12.7. The van der Waals surface area contributed by atoms with Crippen LogP contribution < -0.4 is 15.4 Å². The number of benzene rings is 3. The number of hydrogen-bond acceptors (Lipinski definition) is 3. The van der Waals surface area contributed by atoms with Crippen LogP contribution in [-0.2, 0) is 17.4 Å². The van der Waals surface area contributed by atoms with E-state index in [1.807, 2.05) is 6.07 Å². The Morgan fingerprint density at radius 2 is 1.53 bits per heavy atom. The number of aryl methyl sites for hydroxylation is 1. The van der Waals surface area contributed by atoms with E-state index in [4.69, 9.17) is 4.74 Å². The highest BCUT2D eigenvalue weighted by Crippen LogP contribution is 2.31. The molecule has 0 aromatic heterocycles. The molecule has 3 aromatic carbocycles. The van der Waals surface area contributed by atoms with E-state index in [0.29, 0.717) is 36.5 Å². The highest BCUT2D eigenvalue weighted by atomic mass is 19.4. The molecule has 0 bridgehead atoms. The van der Waals surface area contributed by atoms with Crippen molar-refractivity contribution < 1.29 is 31.5 Å². The van der Waals surface area contributed by atoms with Gasteiger partial charge in [-0.3, -0.25) is 10.1 Å². The summed E-state index contributed by atoms with van der Waals surface area (Å²) in [6.07, 6.45) is -7.06. The Hall–Kier alpha value is -3.46. The van der Waals surface area contributed by atoms with E-state index in [2.05, 4.69) is 10.6 Å². The highest BCUT2D eigenvalue weighted by molar-refractivity contribution is 5.83. The lowest BCUT2D eigenvalue weighted by Gasteiger charge is -2.26. The van der Waals surface area contributed by atoms with Gasteiger partial charge in [0.2, 0.25) is 5.91 Å². The lowest BCUT2D eigenvalue weighted by atomic mass is 9.96. The molecule has 0 aliphatic carbocycles. The third-order valence-electron chi connectivity index (χ3n) is 5.57. The maximum Gasteiger partial charge on any atom is 0.416 e. The molecule has 0 saturated heterocycles. The zero-order chi connectivity index (χ0) is 26.3. The molecule has 4 nitrogen and oxygen atoms in total. The first-order valence-corrected chi connectivity index (χ1v) is 11.3. The van der Waals surface area contributed by atoms with Gasteiger partial charge in [-0.25, -0.2) is 0 Å². The molecule has 2 N–H and O–H groups in total. The summed E-state index contributed by atoms with van der Waals surface area (Å²) in [5.74, 6) is -0.342. The molecule has 0 spiro atoms. The minimum absolute atomic E-state index is 0.0439. The second kappa shape index (κ2) is 11.5. The first kappa shape index (κ1) is 27.1. The summed E-state index contributed by atoms with van der Waals surface area (Å²) in [7, 11) is 1.51. The Morgan fingerprint density at radius 3 is 2.11 bits per heavy atom. The smallest absolute Gasteiger partial charge is 0.416 e. The van der Waals surface area contributed by atoms with Gasteiger partial charge in [0.15, 0.2) is 0 Å². The summed E-state index contributed by atoms with van der Waals surface area (Å²) in [5, 5.41) is 5.92. The zero-order valence-electron chi connectivity index (χ0n) is 19.8. The van der Waals surface area contributed by atoms with Crippen LogP contribution >= 0.6 is 0 Å². The lowest BCUT2D eigenvalue weighted by molar-refractivity contribution is -0.159. The van der Waals surface area contributed by atoms with Crippen molar-refractivity contribution in [1.82, 2.24) is 10.6 Å². The number of likely N-dealkylation sites (N-methyl/N-ethyl adjacent to an activating group) is 1. The minimum atomic E-state index is -4.43. The Balaban J connectivity index is 1.90. The molecule has 192 valence electrons. The summed E-state index contributed by atoms with van der Waals surface area (Å²) in [6.45, 7) is 0.636. The van der Waals surface area contributed by atoms with Crippen LogP contribution in [0.5, 0.6) is 5.75 Å². The fourth-order valence-electron chi connectivity index (χ4n) is 3.83. The molecule has 3 aromatic rings. The summed E-state index contributed by atoms with van der Waals surface area (Å²) in [6, 6.07) is 18.7. The van der Waals surface area contributed by atoms with Crippen molar-refractivity contribution in [3.8, 4) is 5.75 Å². The van der Waals surface area contributed by atoms with Gasteiger partial charge in [0.05, 0.1) is 5.56 Å². The average molecular weight is 507 g/mol. The number of carbonyl (C=O) groups is 1. The maximum absolute atomic E-state index is 13.4. The monoisotopic (exact) mass is 506 g/mol. The molecule has 0 radical (unpaired) electrons. The van der Waals surface area contributed by atoms with Crippen molar-refractivity contribution >= 4 is 5.91 Å². The van der Waals surface area contributed by atoms with Crippen molar-refractivity contribution in [2.75, 3.05) is 7.05 Å². The third kappa shape index (κ3) is 7.78. The largest absolute Gasteiger partial charge is 0.433 e. The fourth-order valence-corrected chi connectivity index (χ4v) is 3.83. The second-order valence-electron chi connectivity index (χ2n) is 8.39. The number of alkyl halides is 5. The van der Waals surface area contributed by atoms with Gasteiger partial charge < -0.3 is 10.1 Å². The van der Waals surface area contributed by atoms with Gasteiger partial charge in [-0.05, 0) is 53.8 Å². The number of halogens is 5. The topological polar surface area (TPSA) is 50.4 Å². The SMILES string of the molecule is CNC(=O)[C@H](N[C@@H](CCc1ccc(C(F)(F)F)cc1)c1cccc(OC(C)(F)F)c1)c1ccccc1. The van der Waals surface area contributed by atoms with E-state index in [0.717, 1.165) is 12.1 Å². The van der Waals surface area contributed by atoms with Gasteiger partial charge in [-0.1, -0.05) is 54.6 Å². The first-order chi connectivity index (χ1) is 17.0. The van der Waals surface area contributed by atoms with E-state index in [9.17, 15) is 26.7 Å². The van der Waals surface area contributed by atoms with Gasteiger partial charge in [-0.2, -0.15) is 22.0 Å². The highest BCUT2D eigenvalue weighted by Gasteiger charge is 2.30. The fraction of sp³-hybridized carbons (Fsp3) is 0.296. The number of rotatable bonds is 10. The van der Waals surface area contributed by atoms with Crippen LogP contribution in [0, 0.1) is 0 Å². The van der Waals surface area contributed by atoms with Crippen molar-refractivity contribution in [3.63, 3.8) is 0 Å². The summed E-state index contributed by atoms with van der Waals surface area (Å²) >= 11 is 0. The number of carbonyl (C=O) groups excluding carboxylic acids is 1. The van der Waals surface area contributed by atoms with Crippen molar-refractivity contribution in [1.29, 1.82) is 0 Å². The standard InChI is InChI=1S/C27H27F5N2O2/c1-26(28,29)36-22-10-6-9-20(17-22)23(16-13-18-11-14-21(15-12-18)27(30,31)32)34-24(25(35)33-2)19-7-4-3-5-8-19/h3-12,14-15,17,23-24,34H,13,16H2,1-2H3,(H,33,35)/t23-,24+/m0/s1. The Kier molecular flexibility index (Phi) is 8.68. The number of amides is 1. The van der Waals surface area contributed by atoms with Crippen molar-refractivity contribution in [2.24, 2.45) is 0 Å². The maximum atomic E-state index is 13.4. The van der Waals surface area contributed by atoms with Gasteiger partial charge in [0, 0.05) is 20.0 Å². The van der Waals surface area contributed by atoms with Crippen molar-refractivity contribution in [2.45, 2.75) is 44.1 Å². The normalized spacial score (nSPS) is 13.6. The van der Waals surface area contributed by atoms with E-state index in [1.165, 1.54) is 31.3 Å². The van der Waals surface area contributed by atoms with Crippen molar-refractivity contribution in [3.05, 3.63) is 101 Å². The average Bonchev–Trinajstić information content (AvgIpc) is 2.83. The van der Waals surface area contributed by atoms with Crippen LogP contribution in [0.2, 0.25) is 0 Å². The number of ether oxygens (including phenoxy) is 1. The van der Waals surface area contributed by atoms with Crippen LogP contribution in [0.1, 0.15) is 47.7 Å². The summed E-state index contributed by atoms with van der Waals surface area (Å²) < 4.78 is 70.3. The van der Waals surface area contributed by atoms with Crippen LogP contribution in [0.25, 0.3) is 0 Å². The lowest BCUT2D eigenvalue weighted by Crippen LogP contribution is -2.38. The third-order valence-corrected chi connectivity index (χ3v) is 5.57. The van der Waals surface area contributed by atoms with E-state index in [1.54, 1.807) is 36.4 Å². The quantitative estimate of drug-likeness (QED) is 0.311. The molecule has 0 heterocycles. The van der Waals surface area contributed by atoms with Gasteiger partial charge in [0.25, 0.3) is 0 Å². The molecule has 1 amide bonds. The predicted octanol–water partition coefficient (Wildman–Crippen LogP) is 6.45. The van der Waals surface area contributed by atoms with E-state index < -0.39 is 29.9 Å². The summed E-state index contributed by atoms with van der Waals surface area (Å²) in [5.41, 5.74) is 1.21. The molecule has 0 unspecified atom stereocenters. The number of nitrogens with one attached hydrogen (secondary N) is 2. The Morgan fingerprint density at radius 1 is 0.889 bits per heavy atom. The zero-order valence-corrected chi connectivity index (χ0v) is 19.8. The van der Waals surface area contributed by atoms with Crippen LogP contribution in [0.15, 0.2) is 78.9 Å². The van der Waals surface area contributed by atoms with Gasteiger partial charge in [-0.15, -0.1) is 0 Å². The Bertz CT molecular complexity index is 1130. The van der Waals surface area contributed by atoms with Gasteiger partial charge >= 0.3 is 12.3 Å². The molecule has 2 atom stereocenters. The van der Waals surface area contributed by atoms with Gasteiger partial charge in [0.1, 0.15) is 11.8 Å². The molecular weight excluding hydrogens is 479 g/mol. The first-order valence-electron chi connectivity index (χ1n) is 11.3. The Labute approximate surface area is 206 Å². The molecule has 3 rings (SSSR count). The van der Waals surface area contributed by atoms with Crippen LogP contribution in [0.4, 0.5) is 22.0 Å². The molecule has 0 saturated carbocycles. The molecular formula is C27H27F5N2O2. The number of hydrogen-bond donors (Lipinski definition) is 2. The van der Waals surface area contributed by atoms with E-state index >= 15 is 0 Å².